The molecule has 0 unspecified atom stereocenters. The van der Waals surface area contributed by atoms with Gasteiger partial charge in [0.25, 0.3) is 0 Å². The topological polar surface area (TPSA) is 78.6 Å². The third-order valence-electron chi connectivity index (χ3n) is 5.27. The van der Waals surface area contributed by atoms with E-state index in [1.807, 2.05) is 22.6 Å². The van der Waals surface area contributed by atoms with Crippen molar-refractivity contribution in [3.05, 3.63) is 46.3 Å². The molecule has 4 aromatic rings. The number of carbonyl (C=O) groups excluding carboxylic acids is 1. The molecule has 0 spiro atoms. The number of thioether (sulfide) groups is 2. The van der Waals surface area contributed by atoms with Crippen LogP contribution in [0.3, 0.4) is 0 Å². The minimum Gasteiger partial charge on any atom is -0.468 e. The number of thiophene rings is 1. The molecule has 32 heavy (non-hydrogen) atoms. The number of carbonyl (C=O) groups is 1. The maximum Gasteiger partial charge on any atom is 0.316 e. The zero-order valence-electron chi connectivity index (χ0n) is 18.0. The fourth-order valence-corrected chi connectivity index (χ4v) is 6.61. The minimum absolute atomic E-state index is 0.167. The van der Waals surface area contributed by atoms with Crippen LogP contribution in [0.15, 0.2) is 40.6 Å². The summed E-state index contributed by atoms with van der Waals surface area (Å²) in [5.41, 5.74) is 3.01. The molecule has 1 aliphatic rings. The molecule has 0 amide bonds. The molecule has 1 aliphatic heterocycles. The van der Waals surface area contributed by atoms with Crippen molar-refractivity contribution in [3.8, 4) is 0 Å². The van der Waals surface area contributed by atoms with Gasteiger partial charge in [-0.15, -0.1) is 21.5 Å². The third-order valence-corrected chi connectivity index (χ3v) is 8.28. The lowest BCUT2D eigenvalue weighted by molar-refractivity contribution is -0.137. The van der Waals surface area contributed by atoms with E-state index in [4.69, 9.17) is 14.5 Å². The number of ether oxygens (including phenoxy) is 2. The Labute approximate surface area is 197 Å². The molecule has 166 valence electrons. The van der Waals surface area contributed by atoms with E-state index in [2.05, 4.69) is 36.2 Å². The van der Waals surface area contributed by atoms with Crippen molar-refractivity contribution in [2.75, 3.05) is 12.9 Å². The first-order valence-electron chi connectivity index (χ1n) is 10.1. The Morgan fingerprint density at radius 3 is 2.81 bits per heavy atom. The van der Waals surface area contributed by atoms with Gasteiger partial charge in [-0.3, -0.25) is 4.79 Å². The molecule has 3 aromatic heterocycles. The van der Waals surface area contributed by atoms with Gasteiger partial charge in [-0.1, -0.05) is 53.9 Å². The highest BCUT2D eigenvalue weighted by molar-refractivity contribution is 8.00. The summed E-state index contributed by atoms with van der Waals surface area (Å²) >= 11 is 4.62. The molecule has 0 saturated heterocycles. The third kappa shape index (κ3) is 4.12. The standard InChI is InChI=1S/C22H22N4O3S3/c1-22(2)9-14-15(10-29-22)32-19-17(14)18-24-25-21(31-12-16(27)28-3)26(18)20(23-19)30-11-13-7-5-4-6-8-13/h4-8H,9-12H2,1-3H3. The highest BCUT2D eigenvalue weighted by atomic mass is 32.2. The summed E-state index contributed by atoms with van der Waals surface area (Å²) in [6.45, 7) is 4.80. The normalized spacial score (nSPS) is 15.2. The molecule has 5 rings (SSSR count). The van der Waals surface area contributed by atoms with Gasteiger partial charge in [-0.05, 0) is 25.0 Å². The van der Waals surface area contributed by atoms with Gasteiger partial charge >= 0.3 is 5.97 Å². The number of fused-ring (bicyclic) bond motifs is 5. The van der Waals surface area contributed by atoms with Crippen LogP contribution in [0.5, 0.6) is 0 Å². The Bertz CT molecular complexity index is 1300. The molecule has 7 nitrogen and oxygen atoms in total. The summed E-state index contributed by atoms with van der Waals surface area (Å²) in [6, 6.07) is 10.3. The smallest absolute Gasteiger partial charge is 0.316 e. The maximum absolute atomic E-state index is 11.7. The lowest BCUT2D eigenvalue weighted by atomic mass is 9.94. The van der Waals surface area contributed by atoms with E-state index in [1.54, 1.807) is 23.1 Å². The molecular weight excluding hydrogens is 464 g/mol. The fraction of sp³-hybridized carbons (Fsp3) is 0.364. The molecular formula is C22H22N4O3S3. The number of methoxy groups -OCH3 is 1. The number of nitrogens with zero attached hydrogens (tertiary/aromatic N) is 4. The SMILES string of the molecule is COC(=O)CSc1nnc2c3c4c(sc3nc(SCc3ccccc3)n12)COC(C)(C)C4. The molecule has 0 saturated carbocycles. The number of rotatable bonds is 6. The van der Waals surface area contributed by atoms with Crippen LogP contribution in [0.1, 0.15) is 29.9 Å². The Morgan fingerprint density at radius 2 is 2.03 bits per heavy atom. The van der Waals surface area contributed by atoms with E-state index in [9.17, 15) is 4.79 Å². The van der Waals surface area contributed by atoms with Crippen LogP contribution in [-0.4, -0.2) is 44.0 Å². The van der Waals surface area contributed by atoms with Gasteiger partial charge in [0.2, 0.25) is 0 Å². The maximum atomic E-state index is 11.7. The van der Waals surface area contributed by atoms with Crippen LogP contribution in [0.4, 0.5) is 0 Å². The molecule has 10 heteroatoms. The van der Waals surface area contributed by atoms with Crippen molar-refractivity contribution in [3.63, 3.8) is 0 Å². The summed E-state index contributed by atoms with van der Waals surface area (Å²) in [6.07, 6.45) is 0.799. The largest absolute Gasteiger partial charge is 0.468 e. The van der Waals surface area contributed by atoms with Crippen LogP contribution in [0.2, 0.25) is 0 Å². The van der Waals surface area contributed by atoms with Gasteiger partial charge < -0.3 is 9.47 Å². The molecule has 4 heterocycles. The van der Waals surface area contributed by atoms with Crippen LogP contribution < -0.4 is 0 Å². The van der Waals surface area contributed by atoms with Crippen molar-refractivity contribution in [1.82, 2.24) is 19.6 Å². The highest BCUT2D eigenvalue weighted by Gasteiger charge is 2.31. The van der Waals surface area contributed by atoms with Gasteiger partial charge in [0.05, 0.1) is 30.5 Å². The van der Waals surface area contributed by atoms with Crippen LogP contribution in [0.25, 0.3) is 15.9 Å². The van der Waals surface area contributed by atoms with Crippen molar-refractivity contribution < 1.29 is 14.3 Å². The number of aromatic nitrogens is 4. The van der Waals surface area contributed by atoms with Crippen molar-refractivity contribution in [2.45, 2.75) is 48.5 Å². The first kappa shape index (κ1) is 21.7. The zero-order valence-corrected chi connectivity index (χ0v) is 20.4. The highest BCUT2D eigenvalue weighted by Crippen LogP contribution is 2.41. The Balaban J connectivity index is 1.62. The van der Waals surface area contributed by atoms with E-state index in [1.165, 1.54) is 34.9 Å². The Hall–Kier alpha value is -2.14. The number of hydrogen-bond acceptors (Lipinski definition) is 9. The average molecular weight is 487 g/mol. The monoisotopic (exact) mass is 486 g/mol. The average Bonchev–Trinajstić information content (AvgIpc) is 3.36. The second kappa shape index (κ2) is 8.66. The summed E-state index contributed by atoms with van der Waals surface area (Å²) in [5.74, 6) is 0.640. The van der Waals surface area contributed by atoms with Crippen molar-refractivity contribution in [1.29, 1.82) is 0 Å². The molecule has 0 radical (unpaired) electrons. The van der Waals surface area contributed by atoms with Crippen molar-refractivity contribution >= 4 is 56.7 Å². The lowest BCUT2D eigenvalue weighted by Gasteiger charge is -2.30. The number of benzene rings is 1. The first-order chi connectivity index (χ1) is 15.4. The lowest BCUT2D eigenvalue weighted by Crippen LogP contribution is -2.31. The summed E-state index contributed by atoms with van der Waals surface area (Å²) < 4.78 is 12.8. The van der Waals surface area contributed by atoms with Crippen LogP contribution in [-0.2, 0) is 33.0 Å². The molecule has 0 bridgehead atoms. The van der Waals surface area contributed by atoms with Gasteiger partial charge in [-0.2, -0.15) is 0 Å². The summed E-state index contributed by atoms with van der Waals surface area (Å²) in [5, 5.41) is 11.5. The molecule has 0 N–H and O–H groups in total. The van der Waals surface area contributed by atoms with E-state index < -0.39 is 0 Å². The van der Waals surface area contributed by atoms with Gasteiger partial charge in [-0.25, -0.2) is 9.38 Å². The minimum atomic E-state index is -0.300. The van der Waals surface area contributed by atoms with Gasteiger partial charge in [0, 0.05) is 17.1 Å². The van der Waals surface area contributed by atoms with Crippen molar-refractivity contribution in [2.24, 2.45) is 0 Å². The molecule has 0 atom stereocenters. The molecule has 1 aromatic carbocycles. The van der Waals surface area contributed by atoms with Crippen LogP contribution in [0, 0.1) is 0 Å². The predicted octanol–water partition coefficient (Wildman–Crippen LogP) is 4.75. The fourth-order valence-electron chi connectivity index (χ4n) is 3.68. The second-order valence-electron chi connectivity index (χ2n) is 8.08. The quantitative estimate of drug-likeness (QED) is 0.220. The van der Waals surface area contributed by atoms with E-state index in [-0.39, 0.29) is 17.3 Å². The number of hydrogen-bond donors (Lipinski definition) is 0. The summed E-state index contributed by atoms with van der Waals surface area (Å²) in [4.78, 5) is 18.9. The first-order valence-corrected chi connectivity index (χ1v) is 12.9. The van der Waals surface area contributed by atoms with Gasteiger partial charge in [0.15, 0.2) is 16.0 Å². The van der Waals surface area contributed by atoms with E-state index >= 15 is 0 Å². The second-order valence-corrected chi connectivity index (χ2v) is 11.1. The number of esters is 1. The molecule has 0 aliphatic carbocycles. The zero-order chi connectivity index (χ0) is 22.3. The predicted molar refractivity (Wildman–Crippen MR) is 127 cm³/mol. The molecule has 0 fully saturated rings. The Kier molecular flexibility index (Phi) is 5.87. The van der Waals surface area contributed by atoms with Gasteiger partial charge in [0.1, 0.15) is 4.83 Å². The summed E-state index contributed by atoms with van der Waals surface area (Å²) in [7, 11) is 1.39. The van der Waals surface area contributed by atoms with E-state index in [0.717, 1.165) is 33.2 Å². The van der Waals surface area contributed by atoms with Crippen LogP contribution >= 0.6 is 34.9 Å². The van der Waals surface area contributed by atoms with E-state index in [0.29, 0.717) is 11.8 Å². The Morgan fingerprint density at radius 1 is 1.22 bits per heavy atom.